The van der Waals surface area contributed by atoms with Gasteiger partial charge in [-0.05, 0) is 37.5 Å². The molecule has 1 rings (SSSR count). The summed E-state index contributed by atoms with van der Waals surface area (Å²) in [6, 6.07) is 6.83. The van der Waals surface area contributed by atoms with Gasteiger partial charge in [0.2, 0.25) is 5.91 Å². The zero-order valence-electron chi connectivity index (χ0n) is 12.8. The van der Waals surface area contributed by atoms with Crippen LogP contribution in [0.1, 0.15) is 32.3 Å². The number of aryl methyl sites for hydroxylation is 1. The maximum atomic E-state index is 11.9. The van der Waals surface area contributed by atoms with E-state index in [0.29, 0.717) is 19.4 Å². The summed E-state index contributed by atoms with van der Waals surface area (Å²) >= 11 is 0. The van der Waals surface area contributed by atoms with E-state index in [1.54, 1.807) is 0 Å². The van der Waals surface area contributed by atoms with Crippen molar-refractivity contribution in [3.8, 4) is 5.75 Å². The van der Waals surface area contributed by atoms with Crippen molar-refractivity contribution >= 4 is 11.9 Å². The van der Waals surface area contributed by atoms with E-state index in [0.717, 1.165) is 17.7 Å². The first-order chi connectivity index (χ1) is 9.95. The van der Waals surface area contributed by atoms with Crippen molar-refractivity contribution in [2.45, 2.75) is 39.2 Å². The fourth-order valence-corrected chi connectivity index (χ4v) is 1.78. The van der Waals surface area contributed by atoms with Gasteiger partial charge in [0.1, 0.15) is 11.8 Å². The number of hydrogen-bond acceptors (Lipinski definition) is 3. The maximum Gasteiger partial charge on any atom is 0.326 e. The molecule has 1 aromatic carbocycles. The molecule has 1 atom stereocenters. The van der Waals surface area contributed by atoms with Crippen molar-refractivity contribution in [2.24, 2.45) is 0 Å². The van der Waals surface area contributed by atoms with Gasteiger partial charge in [-0.1, -0.05) is 19.1 Å². The number of ether oxygens (including phenoxy) is 1. The molecule has 0 aromatic heterocycles. The van der Waals surface area contributed by atoms with Crippen LogP contribution >= 0.6 is 0 Å². The molecule has 116 valence electrons. The van der Waals surface area contributed by atoms with Crippen LogP contribution in [0.15, 0.2) is 24.3 Å². The number of aliphatic carboxylic acids is 1. The highest BCUT2D eigenvalue weighted by molar-refractivity contribution is 5.83. The molecule has 0 heterocycles. The Morgan fingerprint density at radius 2 is 1.90 bits per heavy atom. The summed E-state index contributed by atoms with van der Waals surface area (Å²) in [6.07, 6.45) is 1.84. The largest absolute Gasteiger partial charge is 0.494 e. The third-order valence-electron chi connectivity index (χ3n) is 3.36. The lowest BCUT2D eigenvalue weighted by molar-refractivity contribution is -0.148. The van der Waals surface area contributed by atoms with Crippen molar-refractivity contribution in [1.82, 2.24) is 4.90 Å². The van der Waals surface area contributed by atoms with Crippen molar-refractivity contribution < 1.29 is 19.4 Å². The topological polar surface area (TPSA) is 66.8 Å². The molecular formula is C16H23NO4. The van der Waals surface area contributed by atoms with Crippen LogP contribution in [0.3, 0.4) is 0 Å². The first-order valence-electron chi connectivity index (χ1n) is 7.16. The Kier molecular flexibility index (Phi) is 6.72. The van der Waals surface area contributed by atoms with Crippen LogP contribution in [0.4, 0.5) is 0 Å². The third kappa shape index (κ3) is 5.45. The minimum Gasteiger partial charge on any atom is -0.494 e. The van der Waals surface area contributed by atoms with Crippen LogP contribution in [0, 0.1) is 0 Å². The number of nitrogens with zero attached hydrogens (tertiary/aromatic N) is 1. The van der Waals surface area contributed by atoms with Crippen LogP contribution in [0.2, 0.25) is 0 Å². The number of likely N-dealkylation sites (N-methyl/N-ethyl adjacent to an activating group) is 1. The summed E-state index contributed by atoms with van der Waals surface area (Å²) < 4.78 is 5.49. The SMILES string of the molecule is CCCOc1ccc(CCC(=O)N(C)C(C)C(=O)O)cc1. The van der Waals surface area contributed by atoms with Crippen LogP contribution in [-0.4, -0.2) is 41.6 Å². The van der Waals surface area contributed by atoms with E-state index in [2.05, 4.69) is 6.92 Å². The quantitative estimate of drug-likeness (QED) is 0.799. The van der Waals surface area contributed by atoms with Gasteiger partial charge in [0.15, 0.2) is 0 Å². The van der Waals surface area contributed by atoms with Gasteiger partial charge < -0.3 is 14.7 Å². The monoisotopic (exact) mass is 293 g/mol. The number of rotatable bonds is 8. The fraction of sp³-hybridized carbons (Fsp3) is 0.500. The lowest BCUT2D eigenvalue weighted by Crippen LogP contribution is -2.40. The molecule has 0 aliphatic carbocycles. The Morgan fingerprint density at radius 1 is 1.29 bits per heavy atom. The van der Waals surface area contributed by atoms with Gasteiger partial charge in [0, 0.05) is 13.5 Å². The summed E-state index contributed by atoms with van der Waals surface area (Å²) in [5, 5.41) is 8.88. The average Bonchev–Trinajstić information content (AvgIpc) is 2.49. The molecule has 0 fully saturated rings. The van der Waals surface area contributed by atoms with Crippen molar-refractivity contribution in [1.29, 1.82) is 0 Å². The molecule has 0 bridgehead atoms. The second-order valence-electron chi connectivity index (χ2n) is 5.01. The van der Waals surface area contributed by atoms with E-state index in [4.69, 9.17) is 9.84 Å². The Hall–Kier alpha value is -2.04. The van der Waals surface area contributed by atoms with Gasteiger partial charge in [0.05, 0.1) is 6.61 Å². The average molecular weight is 293 g/mol. The van der Waals surface area contributed by atoms with E-state index in [1.165, 1.54) is 18.9 Å². The molecule has 0 radical (unpaired) electrons. The first kappa shape index (κ1) is 17.0. The molecule has 21 heavy (non-hydrogen) atoms. The van der Waals surface area contributed by atoms with Gasteiger partial charge in [-0.3, -0.25) is 4.79 Å². The molecule has 0 aliphatic rings. The lowest BCUT2D eigenvalue weighted by Gasteiger charge is -2.21. The normalized spacial score (nSPS) is 11.8. The summed E-state index contributed by atoms with van der Waals surface area (Å²) in [4.78, 5) is 24.0. The molecule has 0 saturated carbocycles. The predicted octanol–water partition coefficient (Wildman–Crippen LogP) is 2.34. The molecule has 1 unspecified atom stereocenters. The van der Waals surface area contributed by atoms with Crippen LogP contribution < -0.4 is 4.74 Å². The van der Waals surface area contributed by atoms with Gasteiger partial charge in [-0.25, -0.2) is 4.79 Å². The Bertz CT molecular complexity index is 470. The molecule has 1 N–H and O–H groups in total. The standard InChI is InChI=1S/C16H23NO4/c1-4-11-21-14-8-5-13(6-9-14)7-10-15(18)17(3)12(2)16(19)20/h5-6,8-9,12H,4,7,10-11H2,1-3H3,(H,19,20). The zero-order chi connectivity index (χ0) is 15.8. The number of amides is 1. The van der Waals surface area contributed by atoms with Crippen LogP contribution in [0.5, 0.6) is 5.75 Å². The number of carboxylic acid groups (broad SMARTS) is 1. The minimum absolute atomic E-state index is 0.170. The third-order valence-corrected chi connectivity index (χ3v) is 3.36. The summed E-state index contributed by atoms with van der Waals surface area (Å²) in [7, 11) is 1.52. The van der Waals surface area contributed by atoms with Crippen LogP contribution in [0.25, 0.3) is 0 Å². The maximum absolute atomic E-state index is 11.9. The summed E-state index contributed by atoms with van der Waals surface area (Å²) in [5.41, 5.74) is 1.03. The second-order valence-corrected chi connectivity index (χ2v) is 5.01. The number of carbonyl (C=O) groups excluding carboxylic acids is 1. The highest BCUT2D eigenvalue weighted by Gasteiger charge is 2.21. The van der Waals surface area contributed by atoms with E-state index in [1.807, 2.05) is 24.3 Å². The predicted molar refractivity (Wildman–Crippen MR) is 80.4 cm³/mol. The molecule has 1 amide bonds. The Morgan fingerprint density at radius 3 is 2.43 bits per heavy atom. The molecule has 0 saturated heterocycles. The van der Waals surface area contributed by atoms with E-state index < -0.39 is 12.0 Å². The van der Waals surface area contributed by atoms with Gasteiger partial charge in [-0.15, -0.1) is 0 Å². The van der Waals surface area contributed by atoms with E-state index in [-0.39, 0.29) is 5.91 Å². The van der Waals surface area contributed by atoms with E-state index >= 15 is 0 Å². The van der Waals surface area contributed by atoms with Crippen LogP contribution in [-0.2, 0) is 16.0 Å². The molecule has 1 aromatic rings. The van der Waals surface area contributed by atoms with E-state index in [9.17, 15) is 9.59 Å². The number of benzene rings is 1. The van der Waals surface area contributed by atoms with Crippen molar-refractivity contribution in [3.05, 3.63) is 29.8 Å². The van der Waals surface area contributed by atoms with Crippen molar-refractivity contribution in [3.63, 3.8) is 0 Å². The highest BCUT2D eigenvalue weighted by atomic mass is 16.5. The molecular weight excluding hydrogens is 270 g/mol. The smallest absolute Gasteiger partial charge is 0.326 e. The minimum atomic E-state index is -0.997. The van der Waals surface area contributed by atoms with Gasteiger partial charge in [0.25, 0.3) is 0 Å². The van der Waals surface area contributed by atoms with Gasteiger partial charge in [-0.2, -0.15) is 0 Å². The second kappa shape index (κ2) is 8.29. The summed E-state index contributed by atoms with van der Waals surface area (Å²) in [6.45, 7) is 4.24. The molecule has 0 spiro atoms. The molecule has 5 nitrogen and oxygen atoms in total. The molecule has 5 heteroatoms. The fourth-order valence-electron chi connectivity index (χ4n) is 1.78. The van der Waals surface area contributed by atoms with Crippen molar-refractivity contribution in [2.75, 3.05) is 13.7 Å². The summed E-state index contributed by atoms with van der Waals surface area (Å²) in [5.74, 6) is -0.344. The number of carboxylic acids is 1. The number of hydrogen-bond donors (Lipinski definition) is 1. The van der Waals surface area contributed by atoms with Gasteiger partial charge >= 0.3 is 5.97 Å². The number of carbonyl (C=O) groups is 2. The lowest BCUT2D eigenvalue weighted by atomic mass is 10.1. The Balaban J connectivity index is 2.47. The zero-order valence-corrected chi connectivity index (χ0v) is 12.8. The highest BCUT2D eigenvalue weighted by Crippen LogP contribution is 2.14. The molecule has 0 aliphatic heterocycles. The first-order valence-corrected chi connectivity index (χ1v) is 7.16. The Labute approximate surface area is 125 Å².